The minimum Gasteiger partial charge on any atom is -0.352 e. The summed E-state index contributed by atoms with van der Waals surface area (Å²) in [6.07, 6.45) is 4.74. The summed E-state index contributed by atoms with van der Waals surface area (Å²) in [6, 6.07) is 0. The molecule has 2 nitrogen and oxygen atoms in total. The Morgan fingerprint density at radius 2 is 1.89 bits per heavy atom. The highest BCUT2D eigenvalue weighted by atomic mass is 16.7. The summed E-state index contributed by atoms with van der Waals surface area (Å²) in [6.45, 7) is 2.07. The fraction of sp³-hybridized carbons (Fsp3) is 0.714. The zero-order valence-corrected chi connectivity index (χ0v) is 6.26. The van der Waals surface area contributed by atoms with Crippen molar-refractivity contribution in [3.8, 4) is 0 Å². The molecule has 0 rings (SSSR count). The molecule has 0 aliphatic rings. The second-order valence-electron chi connectivity index (χ2n) is 1.68. The van der Waals surface area contributed by atoms with Crippen molar-refractivity contribution in [2.45, 2.75) is 19.6 Å². The summed E-state index contributed by atoms with van der Waals surface area (Å²) < 4.78 is 9.78. The Bertz CT molecular complexity index is 75.0. The van der Waals surface area contributed by atoms with Gasteiger partial charge in [-0.1, -0.05) is 13.0 Å². The number of ether oxygens (including phenoxy) is 2. The third-order valence-electron chi connectivity index (χ3n) is 0.994. The lowest BCUT2D eigenvalue weighted by Gasteiger charge is -2.06. The molecule has 0 aliphatic carbocycles. The molecule has 0 saturated heterocycles. The molecule has 0 aliphatic heterocycles. The highest BCUT2D eigenvalue weighted by Crippen LogP contribution is 1.93. The summed E-state index contributed by atoms with van der Waals surface area (Å²) >= 11 is 0. The van der Waals surface area contributed by atoms with E-state index in [-0.39, 0.29) is 6.29 Å². The van der Waals surface area contributed by atoms with Gasteiger partial charge in [-0.25, -0.2) is 0 Å². The lowest BCUT2D eigenvalue weighted by atomic mass is 10.4. The van der Waals surface area contributed by atoms with Gasteiger partial charge in [-0.05, 0) is 12.5 Å². The molecule has 0 unspecified atom stereocenters. The van der Waals surface area contributed by atoms with E-state index >= 15 is 0 Å². The lowest BCUT2D eigenvalue weighted by Crippen LogP contribution is -2.08. The minimum absolute atomic E-state index is 0.176. The van der Waals surface area contributed by atoms with Gasteiger partial charge in [0.15, 0.2) is 6.29 Å². The molecule has 0 fully saturated rings. The van der Waals surface area contributed by atoms with Crippen LogP contribution in [0.2, 0.25) is 0 Å². The molecular weight excluding hydrogens is 116 g/mol. The van der Waals surface area contributed by atoms with E-state index in [1.54, 1.807) is 14.2 Å². The Hall–Kier alpha value is -0.340. The summed E-state index contributed by atoms with van der Waals surface area (Å²) in [7, 11) is 3.24. The molecule has 0 radical (unpaired) electrons. The van der Waals surface area contributed by atoms with Crippen LogP contribution in [0.15, 0.2) is 12.2 Å². The van der Waals surface area contributed by atoms with Crippen molar-refractivity contribution < 1.29 is 9.47 Å². The van der Waals surface area contributed by atoms with Crippen molar-refractivity contribution >= 4 is 0 Å². The van der Waals surface area contributed by atoms with E-state index in [0.29, 0.717) is 0 Å². The van der Waals surface area contributed by atoms with E-state index in [4.69, 9.17) is 9.47 Å². The zero-order valence-electron chi connectivity index (χ0n) is 6.26. The topological polar surface area (TPSA) is 18.5 Å². The van der Waals surface area contributed by atoms with Gasteiger partial charge >= 0.3 is 0 Å². The molecule has 2 heteroatoms. The van der Waals surface area contributed by atoms with Gasteiger partial charge in [0.05, 0.1) is 0 Å². The maximum atomic E-state index is 4.89. The van der Waals surface area contributed by atoms with Crippen LogP contribution < -0.4 is 0 Å². The fourth-order valence-electron chi connectivity index (χ4n) is 0.501. The fourth-order valence-corrected chi connectivity index (χ4v) is 0.501. The SMILES string of the molecule is CCC=CC(OC)OC. The minimum atomic E-state index is -0.176. The van der Waals surface area contributed by atoms with Gasteiger partial charge in [0, 0.05) is 14.2 Å². The van der Waals surface area contributed by atoms with E-state index in [1.165, 1.54) is 0 Å². The molecule has 0 N–H and O–H groups in total. The molecule has 0 atom stereocenters. The van der Waals surface area contributed by atoms with Crippen molar-refractivity contribution in [1.29, 1.82) is 0 Å². The predicted molar refractivity (Wildman–Crippen MR) is 37.2 cm³/mol. The van der Waals surface area contributed by atoms with Crippen molar-refractivity contribution in [2.24, 2.45) is 0 Å². The molecule has 0 aromatic rings. The highest BCUT2D eigenvalue weighted by Gasteiger charge is 1.94. The monoisotopic (exact) mass is 130 g/mol. The molecule has 0 aromatic carbocycles. The average Bonchev–Trinajstić information content (AvgIpc) is 1.91. The van der Waals surface area contributed by atoms with Crippen LogP contribution in [0.4, 0.5) is 0 Å². The molecule has 0 heterocycles. The van der Waals surface area contributed by atoms with Crippen molar-refractivity contribution in [1.82, 2.24) is 0 Å². The largest absolute Gasteiger partial charge is 0.352 e. The predicted octanol–water partition coefficient (Wildman–Crippen LogP) is 1.57. The van der Waals surface area contributed by atoms with Crippen LogP contribution in [0.3, 0.4) is 0 Å². The maximum Gasteiger partial charge on any atom is 0.176 e. The Morgan fingerprint density at radius 1 is 1.33 bits per heavy atom. The zero-order chi connectivity index (χ0) is 7.11. The first kappa shape index (κ1) is 8.66. The summed E-state index contributed by atoms with van der Waals surface area (Å²) in [5, 5.41) is 0. The molecule has 0 saturated carbocycles. The molecular formula is C7H14O2. The second kappa shape index (κ2) is 5.79. The number of rotatable bonds is 4. The number of hydrogen-bond acceptors (Lipinski definition) is 2. The maximum absolute atomic E-state index is 4.89. The number of hydrogen-bond donors (Lipinski definition) is 0. The Labute approximate surface area is 56.5 Å². The number of methoxy groups -OCH3 is 2. The third-order valence-corrected chi connectivity index (χ3v) is 0.994. The molecule has 0 amide bonds. The van der Waals surface area contributed by atoms with E-state index < -0.39 is 0 Å². The quantitative estimate of drug-likeness (QED) is 0.425. The summed E-state index contributed by atoms with van der Waals surface area (Å²) in [4.78, 5) is 0. The third kappa shape index (κ3) is 4.18. The average molecular weight is 130 g/mol. The smallest absolute Gasteiger partial charge is 0.176 e. The van der Waals surface area contributed by atoms with Gasteiger partial charge in [-0.2, -0.15) is 0 Å². The lowest BCUT2D eigenvalue weighted by molar-refractivity contribution is -0.0667. The van der Waals surface area contributed by atoms with Gasteiger partial charge < -0.3 is 9.47 Å². The van der Waals surface area contributed by atoms with Crippen molar-refractivity contribution in [3.63, 3.8) is 0 Å². The standard InChI is InChI=1S/C7H14O2/c1-4-5-6-7(8-2)9-3/h5-7H,4H2,1-3H3. The van der Waals surface area contributed by atoms with Gasteiger partial charge in [0.1, 0.15) is 0 Å². The Balaban J connectivity index is 3.41. The Morgan fingerprint density at radius 3 is 2.22 bits per heavy atom. The van der Waals surface area contributed by atoms with E-state index in [2.05, 4.69) is 6.92 Å². The van der Waals surface area contributed by atoms with Crippen LogP contribution in [-0.4, -0.2) is 20.5 Å². The van der Waals surface area contributed by atoms with Gasteiger partial charge in [0.2, 0.25) is 0 Å². The van der Waals surface area contributed by atoms with Gasteiger partial charge in [-0.3, -0.25) is 0 Å². The van der Waals surface area contributed by atoms with Crippen LogP contribution >= 0.6 is 0 Å². The van der Waals surface area contributed by atoms with Crippen LogP contribution in [0.1, 0.15) is 13.3 Å². The highest BCUT2D eigenvalue weighted by molar-refractivity contribution is 4.83. The van der Waals surface area contributed by atoms with Crippen LogP contribution in [-0.2, 0) is 9.47 Å². The first-order valence-corrected chi connectivity index (χ1v) is 3.07. The van der Waals surface area contributed by atoms with Crippen LogP contribution in [0, 0.1) is 0 Å². The number of allylic oxidation sites excluding steroid dienone is 1. The van der Waals surface area contributed by atoms with E-state index in [1.807, 2.05) is 12.2 Å². The molecule has 0 bridgehead atoms. The van der Waals surface area contributed by atoms with Gasteiger partial charge in [0.25, 0.3) is 0 Å². The summed E-state index contributed by atoms with van der Waals surface area (Å²) in [5.74, 6) is 0. The van der Waals surface area contributed by atoms with Crippen molar-refractivity contribution in [2.75, 3.05) is 14.2 Å². The first-order valence-electron chi connectivity index (χ1n) is 3.07. The second-order valence-corrected chi connectivity index (χ2v) is 1.68. The molecule has 9 heavy (non-hydrogen) atoms. The molecule has 0 spiro atoms. The van der Waals surface area contributed by atoms with Crippen LogP contribution in [0.5, 0.6) is 0 Å². The first-order chi connectivity index (χ1) is 4.35. The van der Waals surface area contributed by atoms with Crippen molar-refractivity contribution in [3.05, 3.63) is 12.2 Å². The van der Waals surface area contributed by atoms with E-state index in [0.717, 1.165) is 6.42 Å². The Kier molecular flexibility index (Phi) is 5.57. The summed E-state index contributed by atoms with van der Waals surface area (Å²) in [5.41, 5.74) is 0. The normalized spacial score (nSPS) is 11.6. The molecule has 0 aromatic heterocycles. The molecule has 54 valence electrons. The van der Waals surface area contributed by atoms with Crippen LogP contribution in [0.25, 0.3) is 0 Å². The van der Waals surface area contributed by atoms with E-state index in [9.17, 15) is 0 Å². The van der Waals surface area contributed by atoms with Gasteiger partial charge in [-0.15, -0.1) is 0 Å².